The molecule has 9 heteroatoms. The Balaban J connectivity index is 1.32. The largest absolute Gasteiger partial charge is 0.356 e. The number of nitrogens with zero attached hydrogens (tertiary/aromatic N) is 4. The van der Waals surface area contributed by atoms with Crippen molar-refractivity contribution in [3.63, 3.8) is 0 Å². The van der Waals surface area contributed by atoms with Crippen LogP contribution in [0.25, 0.3) is 0 Å². The van der Waals surface area contributed by atoms with Crippen LogP contribution in [0.3, 0.4) is 0 Å². The Morgan fingerprint density at radius 1 is 1.13 bits per heavy atom. The van der Waals surface area contributed by atoms with Crippen molar-refractivity contribution in [2.75, 3.05) is 18.0 Å². The van der Waals surface area contributed by atoms with E-state index in [1.807, 2.05) is 11.0 Å². The quantitative estimate of drug-likeness (QED) is 0.762. The van der Waals surface area contributed by atoms with Gasteiger partial charge in [0.1, 0.15) is 29.9 Å². The Morgan fingerprint density at radius 3 is 2.67 bits per heavy atom. The van der Waals surface area contributed by atoms with Gasteiger partial charge in [-0.05, 0) is 30.5 Å². The van der Waals surface area contributed by atoms with Crippen LogP contribution in [0.1, 0.15) is 49.4 Å². The molecule has 2 atom stereocenters. The van der Waals surface area contributed by atoms with Crippen molar-refractivity contribution >= 4 is 11.7 Å². The zero-order chi connectivity index (χ0) is 20.9. The van der Waals surface area contributed by atoms with Gasteiger partial charge in [0.2, 0.25) is 0 Å². The molecule has 3 fully saturated rings. The van der Waals surface area contributed by atoms with E-state index >= 15 is 0 Å². The number of hydrogen-bond donors (Lipinski definition) is 0. The molecule has 1 amide bonds. The topological polar surface area (TPSA) is 58.6 Å². The average molecular weight is 418 g/mol. The van der Waals surface area contributed by atoms with Gasteiger partial charge in [-0.3, -0.25) is 4.79 Å². The van der Waals surface area contributed by atoms with Crippen LogP contribution < -0.4 is 4.90 Å². The summed E-state index contributed by atoms with van der Waals surface area (Å²) >= 11 is 0. The number of anilines is 1. The van der Waals surface area contributed by atoms with E-state index in [0.29, 0.717) is 38.2 Å². The van der Waals surface area contributed by atoms with E-state index in [2.05, 4.69) is 9.97 Å². The number of piperidine rings is 1. The molecule has 0 bridgehead atoms. The summed E-state index contributed by atoms with van der Waals surface area (Å²) in [7, 11) is 0. The summed E-state index contributed by atoms with van der Waals surface area (Å²) in [6, 6.07) is 7.46. The van der Waals surface area contributed by atoms with Crippen LogP contribution in [0.4, 0.5) is 19.0 Å². The third-order valence-electron chi connectivity index (χ3n) is 6.34. The lowest BCUT2D eigenvalue weighted by molar-refractivity contribution is -0.140. The Kier molecular flexibility index (Phi) is 4.65. The van der Waals surface area contributed by atoms with Gasteiger partial charge in [0, 0.05) is 32.0 Å². The van der Waals surface area contributed by atoms with Gasteiger partial charge in [0.25, 0.3) is 12.3 Å². The predicted molar refractivity (Wildman–Crippen MR) is 101 cm³/mol. The molecule has 3 saturated heterocycles. The number of halogens is 3. The van der Waals surface area contributed by atoms with Gasteiger partial charge in [0.15, 0.2) is 5.60 Å². The molecule has 0 saturated carbocycles. The van der Waals surface area contributed by atoms with Crippen molar-refractivity contribution in [3.05, 3.63) is 53.7 Å². The van der Waals surface area contributed by atoms with Crippen molar-refractivity contribution in [2.45, 2.75) is 50.0 Å². The van der Waals surface area contributed by atoms with E-state index in [0.717, 1.165) is 18.3 Å². The van der Waals surface area contributed by atoms with Gasteiger partial charge in [-0.1, -0.05) is 12.1 Å². The average Bonchev–Trinajstić information content (AvgIpc) is 3.27. The summed E-state index contributed by atoms with van der Waals surface area (Å²) in [4.78, 5) is 24.7. The molecule has 0 N–H and O–H groups in total. The highest BCUT2D eigenvalue weighted by Crippen LogP contribution is 2.47. The maximum Gasteiger partial charge on any atom is 0.280 e. The molecular weight excluding hydrogens is 397 g/mol. The number of amides is 1. The minimum atomic E-state index is -2.66. The number of carbonyl (C=O) groups is 1. The number of alkyl halides is 2. The number of fused-ring (bicyclic) bond motifs is 1. The fourth-order valence-corrected chi connectivity index (χ4v) is 4.84. The van der Waals surface area contributed by atoms with Crippen molar-refractivity contribution < 1.29 is 22.7 Å². The van der Waals surface area contributed by atoms with Crippen molar-refractivity contribution in [1.29, 1.82) is 0 Å². The van der Waals surface area contributed by atoms with Gasteiger partial charge in [-0.2, -0.15) is 0 Å². The zero-order valence-electron chi connectivity index (χ0n) is 16.2. The third kappa shape index (κ3) is 3.12. The minimum absolute atomic E-state index is 0.0603. The second-order valence-electron chi connectivity index (χ2n) is 8.02. The fraction of sp³-hybridized carbons (Fsp3) is 0.476. The molecular formula is C21H21F3N4O2. The summed E-state index contributed by atoms with van der Waals surface area (Å²) in [6.07, 6.45) is 0.515. The summed E-state index contributed by atoms with van der Waals surface area (Å²) < 4.78 is 45.8. The first kappa shape index (κ1) is 19.3. The lowest BCUT2D eigenvalue weighted by Gasteiger charge is -2.38. The Hall–Kier alpha value is -2.68. The lowest BCUT2D eigenvalue weighted by atomic mass is 9.89. The first-order valence-corrected chi connectivity index (χ1v) is 10.1. The molecule has 5 rings (SSSR count). The van der Waals surface area contributed by atoms with E-state index in [4.69, 9.17) is 4.74 Å². The van der Waals surface area contributed by atoms with Crippen LogP contribution in [0.2, 0.25) is 0 Å². The van der Waals surface area contributed by atoms with Gasteiger partial charge in [0.05, 0.1) is 6.04 Å². The molecule has 1 aromatic carbocycles. The maximum absolute atomic E-state index is 13.7. The van der Waals surface area contributed by atoms with Crippen molar-refractivity contribution in [3.8, 4) is 0 Å². The van der Waals surface area contributed by atoms with E-state index < -0.39 is 12.0 Å². The van der Waals surface area contributed by atoms with Gasteiger partial charge in [-0.15, -0.1) is 0 Å². The van der Waals surface area contributed by atoms with E-state index in [-0.39, 0.29) is 29.7 Å². The Morgan fingerprint density at radius 2 is 1.93 bits per heavy atom. The van der Waals surface area contributed by atoms with Crippen LogP contribution in [-0.4, -0.2) is 45.7 Å². The molecule has 2 aromatic rings. The maximum atomic E-state index is 13.7. The number of carbonyl (C=O) groups excluding carboxylic acids is 1. The molecule has 3 aliphatic heterocycles. The highest BCUT2D eigenvalue weighted by Gasteiger charge is 2.58. The van der Waals surface area contributed by atoms with Crippen LogP contribution in [0.15, 0.2) is 36.7 Å². The number of rotatable bonds is 3. The smallest absolute Gasteiger partial charge is 0.280 e. The number of aromatic nitrogens is 2. The SMILES string of the molecule is O=C1N2[C@@H](CC[C@H]2c2cccc(F)c2)OC12CCN(c1cc(C(F)F)ncn1)CC2. The zero-order valence-corrected chi connectivity index (χ0v) is 16.2. The minimum Gasteiger partial charge on any atom is -0.356 e. The van der Waals surface area contributed by atoms with Crippen molar-refractivity contribution in [2.24, 2.45) is 0 Å². The highest BCUT2D eigenvalue weighted by molar-refractivity contribution is 5.88. The fourth-order valence-electron chi connectivity index (χ4n) is 4.84. The number of ether oxygens (including phenoxy) is 1. The first-order chi connectivity index (χ1) is 14.5. The van der Waals surface area contributed by atoms with Crippen LogP contribution in [-0.2, 0) is 9.53 Å². The van der Waals surface area contributed by atoms with Gasteiger partial charge in [-0.25, -0.2) is 23.1 Å². The van der Waals surface area contributed by atoms with E-state index in [1.54, 1.807) is 11.0 Å². The Labute approximate surface area is 171 Å². The van der Waals surface area contributed by atoms with E-state index in [1.165, 1.54) is 18.2 Å². The number of benzene rings is 1. The monoisotopic (exact) mass is 418 g/mol. The molecule has 30 heavy (non-hydrogen) atoms. The van der Waals surface area contributed by atoms with Crippen LogP contribution >= 0.6 is 0 Å². The summed E-state index contributed by atoms with van der Waals surface area (Å²) in [6.45, 7) is 0.938. The molecule has 3 aliphatic rings. The number of hydrogen-bond acceptors (Lipinski definition) is 5. The lowest BCUT2D eigenvalue weighted by Crippen LogP contribution is -2.50. The standard InChI is InChI=1S/C21H21F3N4O2/c22-14-3-1-2-13(10-14)16-4-5-18-28(16)20(29)21(30-18)6-8-27(9-7-21)17-11-15(19(23)24)25-12-26-17/h1-3,10-12,16,18-19H,4-9H2/t16-,18+/m0/s1. The molecule has 6 nitrogen and oxygen atoms in total. The van der Waals surface area contributed by atoms with E-state index in [9.17, 15) is 18.0 Å². The molecule has 0 radical (unpaired) electrons. The van der Waals surface area contributed by atoms with Gasteiger partial charge < -0.3 is 14.5 Å². The second kappa shape index (κ2) is 7.23. The van der Waals surface area contributed by atoms with Gasteiger partial charge >= 0.3 is 0 Å². The summed E-state index contributed by atoms with van der Waals surface area (Å²) in [5.74, 6) is 0.0492. The molecule has 158 valence electrons. The summed E-state index contributed by atoms with van der Waals surface area (Å²) in [5, 5.41) is 0. The predicted octanol–water partition coefficient (Wildman–Crippen LogP) is 3.61. The first-order valence-electron chi connectivity index (χ1n) is 10.1. The molecule has 4 heterocycles. The molecule has 0 aliphatic carbocycles. The molecule has 1 spiro atoms. The van der Waals surface area contributed by atoms with Crippen LogP contribution in [0, 0.1) is 5.82 Å². The highest BCUT2D eigenvalue weighted by atomic mass is 19.3. The van der Waals surface area contributed by atoms with Crippen molar-refractivity contribution in [1.82, 2.24) is 14.9 Å². The second-order valence-corrected chi connectivity index (χ2v) is 8.02. The molecule has 1 aromatic heterocycles. The Bertz CT molecular complexity index is 965. The summed E-state index contributed by atoms with van der Waals surface area (Å²) in [5.41, 5.74) is -0.442. The normalized spacial score (nSPS) is 25.4. The van der Waals surface area contributed by atoms with Crippen LogP contribution in [0.5, 0.6) is 0 Å². The molecule has 0 unspecified atom stereocenters. The third-order valence-corrected chi connectivity index (χ3v) is 6.34.